The number of aliphatic carboxylic acids is 1. The van der Waals surface area contributed by atoms with Gasteiger partial charge in [0.1, 0.15) is 6.07 Å². The number of thioether (sulfide) groups is 1. The predicted molar refractivity (Wildman–Crippen MR) is 63.1 cm³/mol. The summed E-state index contributed by atoms with van der Waals surface area (Å²) in [5.74, 6) is -1.43. The van der Waals surface area contributed by atoms with Crippen molar-refractivity contribution in [1.29, 1.82) is 5.26 Å². The molecule has 1 unspecified atom stereocenters. The third kappa shape index (κ3) is 3.43. The van der Waals surface area contributed by atoms with Gasteiger partial charge in [-0.1, -0.05) is 18.7 Å². The molecule has 1 heterocycles. The van der Waals surface area contributed by atoms with Crippen molar-refractivity contribution in [3.05, 3.63) is 27.9 Å². The van der Waals surface area contributed by atoms with Crippen LogP contribution in [-0.2, 0) is 4.79 Å². The molecule has 7 nitrogen and oxygen atoms in total. The fourth-order valence-corrected chi connectivity index (χ4v) is 1.98. The summed E-state index contributed by atoms with van der Waals surface area (Å²) in [6, 6.07) is 2.89. The molecule has 0 spiro atoms. The monoisotopic (exact) mass is 267 g/mol. The van der Waals surface area contributed by atoms with Crippen molar-refractivity contribution < 1.29 is 14.8 Å². The van der Waals surface area contributed by atoms with E-state index in [-0.39, 0.29) is 22.0 Å². The Hall–Kier alpha value is -2.14. The van der Waals surface area contributed by atoms with Gasteiger partial charge in [0, 0.05) is 18.0 Å². The van der Waals surface area contributed by atoms with Crippen LogP contribution < -0.4 is 0 Å². The summed E-state index contributed by atoms with van der Waals surface area (Å²) in [5.41, 5.74) is -0.186. The molecule has 0 aliphatic rings. The van der Waals surface area contributed by atoms with Crippen LogP contribution in [0, 0.1) is 27.4 Å². The van der Waals surface area contributed by atoms with Crippen molar-refractivity contribution in [2.75, 3.05) is 5.75 Å². The first-order valence-corrected chi connectivity index (χ1v) is 5.84. The third-order valence-electron chi connectivity index (χ3n) is 2.05. The predicted octanol–water partition coefficient (Wildman–Crippen LogP) is 1.67. The molecule has 1 aromatic heterocycles. The summed E-state index contributed by atoms with van der Waals surface area (Å²) >= 11 is 0.988. The minimum absolute atomic E-state index is 0.0948. The zero-order valence-corrected chi connectivity index (χ0v) is 10.2. The number of rotatable bonds is 5. The van der Waals surface area contributed by atoms with Gasteiger partial charge in [0.2, 0.25) is 0 Å². The van der Waals surface area contributed by atoms with Crippen LogP contribution in [0.5, 0.6) is 0 Å². The van der Waals surface area contributed by atoms with Crippen molar-refractivity contribution in [3.63, 3.8) is 0 Å². The number of carboxylic acids is 1. The summed E-state index contributed by atoms with van der Waals surface area (Å²) in [5, 5.41) is 28.3. The molecular weight excluding hydrogens is 258 g/mol. The van der Waals surface area contributed by atoms with Gasteiger partial charge in [-0.05, 0) is 0 Å². The Bertz CT molecular complexity index is 526. The Morgan fingerprint density at radius 2 is 2.44 bits per heavy atom. The van der Waals surface area contributed by atoms with E-state index < -0.39 is 16.8 Å². The Balaban J connectivity index is 2.92. The van der Waals surface area contributed by atoms with E-state index >= 15 is 0 Å². The summed E-state index contributed by atoms with van der Waals surface area (Å²) < 4.78 is 0. The van der Waals surface area contributed by atoms with Crippen LogP contribution in [-0.4, -0.2) is 26.7 Å². The first kappa shape index (κ1) is 13.9. The molecule has 1 rings (SSSR count). The van der Waals surface area contributed by atoms with Crippen LogP contribution in [0.4, 0.5) is 5.69 Å². The number of nitriles is 1. The van der Waals surface area contributed by atoms with Crippen LogP contribution >= 0.6 is 11.8 Å². The lowest BCUT2D eigenvalue weighted by Crippen LogP contribution is -2.12. The second-order valence-electron chi connectivity index (χ2n) is 3.47. The van der Waals surface area contributed by atoms with Gasteiger partial charge in [0.05, 0.1) is 16.4 Å². The van der Waals surface area contributed by atoms with Gasteiger partial charge in [-0.15, -0.1) is 0 Å². The summed E-state index contributed by atoms with van der Waals surface area (Å²) in [6.45, 7) is 1.50. The highest BCUT2D eigenvalue weighted by Crippen LogP contribution is 2.28. The number of hydrogen-bond donors (Lipinski definition) is 1. The SMILES string of the molecule is CC(CSc1ncc(C#N)cc1[N+](=O)[O-])C(=O)O. The number of nitro groups is 1. The Kier molecular flexibility index (Phi) is 4.62. The largest absolute Gasteiger partial charge is 0.481 e. The fraction of sp³-hybridized carbons (Fsp3) is 0.300. The first-order valence-electron chi connectivity index (χ1n) is 4.85. The molecule has 8 heteroatoms. The lowest BCUT2D eigenvalue weighted by Gasteiger charge is -2.05. The minimum atomic E-state index is -0.973. The van der Waals surface area contributed by atoms with Crippen LogP contribution in [0.2, 0.25) is 0 Å². The average molecular weight is 267 g/mol. The molecule has 0 bridgehead atoms. The molecule has 0 radical (unpaired) electrons. The molecule has 0 saturated carbocycles. The summed E-state index contributed by atoms with van der Waals surface area (Å²) in [4.78, 5) is 24.6. The standard InChI is InChI=1S/C10H9N3O4S/c1-6(10(14)15)5-18-9-8(13(16)17)2-7(3-11)4-12-9/h2,4,6H,5H2,1H3,(H,14,15). The van der Waals surface area contributed by atoms with E-state index in [0.29, 0.717) is 0 Å². The molecule has 18 heavy (non-hydrogen) atoms. The second-order valence-corrected chi connectivity index (χ2v) is 4.48. The van der Waals surface area contributed by atoms with Gasteiger partial charge >= 0.3 is 11.7 Å². The zero-order chi connectivity index (χ0) is 13.7. The van der Waals surface area contributed by atoms with Crippen LogP contribution in [0.25, 0.3) is 0 Å². The molecule has 94 valence electrons. The third-order valence-corrected chi connectivity index (χ3v) is 3.30. The van der Waals surface area contributed by atoms with E-state index in [1.54, 1.807) is 6.07 Å². The number of nitrogens with zero attached hydrogens (tertiary/aromatic N) is 3. The van der Waals surface area contributed by atoms with Gasteiger partial charge in [0.25, 0.3) is 0 Å². The van der Waals surface area contributed by atoms with Gasteiger partial charge < -0.3 is 5.11 Å². The van der Waals surface area contributed by atoms with Gasteiger partial charge in [0.15, 0.2) is 5.03 Å². The summed E-state index contributed by atoms with van der Waals surface area (Å²) in [6.07, 6.45) is 1.22. The highest BCUT2D eigenvalue weighted by Gasteiger charge is 2.19. The van der Waals surface area contributed by atoms with Crippen molar-refractivity contribution in [3.8, 4) is 6.07 Å². The second kappa shape index (κ2) is 5.97. The number of aromatic nitrogens is 1. The smallest absolute Gasteiger partial charge is 0.307 e. The lowest BCUT2D eigenvalue weighted by atomic mass is 10.2. The Labute approximate surface area is 107 Å². The quantitative estimate of drug-likeness (QED) is 0.489. The van der Waals surface area contributed by atoms with Gasteiger partial charge in [-0.2, -0.15) is 5.26 Å². The van der Waals surface area contributed by atoms with E-state index in [4.69, 9.17) is 10.4 Å². The zero-order valence-electron chi connectivity index (χ0n) is 9.36. The molecule has 0 fully saturated rings. The summed E-state index contributed by atoms with van der Waals surface area (Å²) in [7, 11) is 0. The molecule has 1 N–H and O–H groups in total. The van der Waals surface area contributed by atoms with E-state index in [1.807, 2.05) is 0 Å². The van der Waals surface area contributed by atoms with Gasteiger partial charge in [-0.25, -0.2) is 4.98 Å². The number of hydrogen-bond acceptors (Lipinski definition) is 6. The molecule has 1 atom stereocenters. The number of carboxylic acid groups (broad SMARTS) is 1. The average Bonchev–Trinajstić information content (AvgIpc) is 2.35. The Morgan fingerprint density at radius 3 is 2.94 bits per heavy atom. The molecule has 0 aliphatic heterocycles. The minimum Gasteiger partial charge on any atom is -0.481 e. The maximum atomic E-state index is 10.8. The van der Waals surface area contributed by atoms with E-state index in [2.05, 4.69) is 4.98 Å². The van der Waals surface area contributed by atoms with Crippen molar-refractivity contribution >= 4 is 23.4 Å². The van der Waals surface area contributed by atoms with Crippen molar-refractivity contribution in [1.82, 2.24) is 4.98 Å². The fourth-order valence-electron chi connectivity index (χ4n) is 1.02. The lowest BCUT2D eigenvalue weighted by molar-refractivity contribution is -0.388. The topological polar surface area (TPSA) is 117 Å². The van der Waals surface area contributed by atoms with Crippen LogP contribution in [0.3, 0.4) is 0 Å². The maximum absolute atomic E-state index is 10.8. The number of pyridine rings is 1. The van der Waals surface area contributed by atoms with Crippen LogP contribution in [0.15, 0.2) is 17.3 Å². The van der Waals surface area contributed by atoms with Crippen LogP contribution in [0.1, 0.15) is 12.5 Å². The van der Waals surface area contributed by atoms with Gasteiger partial charge in [-0.3, -0.25) is 14.9 Å². The van der Waals surface area contributed by atoms with Crippen molar-refractivity contribution in [2.45, 2.75) is 11.9 Å². The molecule has 1 aromatic rings. The Morgan fingerprint density at radius 1 is 1.78 bits per heavy atom. The van der Waals surface area contributed by atoms with E-state index in [0.717, 1.165) is 17.8 Å². The molecule has 0 aliphatic carbocycles. The molecule has 0 aromatic carbocycles. The number of carbonyl (C=O) groups is 1. The molecular formula is C10H9N3O4S. The highest BCUT2D eigenvalue weighted by molar-refractivity contribution is 7.99. The van der Waals surface area contributed by atoms with Crippen molar-refractivity contribution in [2.24, 2.45) is 5.92 Å². The first-order chi connectivity index (χ1) is 8.45. The molecule has 0 amide bonds. The van der Waals surface area contributed by atoms with E-state index in [9.17, 15) is 14.9 Å². The maximum Gasteiger partial charge on any atom is 0.307 e. The van der Waals surface area contributed by atoms with E-state index in [1.165, 1.54) is 13.1 Å². The highest BCUT2D eigenvalue weighted by atomic mass is 32.2. The normalized spacial score (nSPS) is 11.6. The molecule has 0 saturated heterocycles.